The van der Waals surface area contributed by atoms with Crippen LogP contribution in [-0.4, -0.2) is 29.1 Å². The van der Waals surface area contributed by atoms with Gasteiger partial charge in [-0.15, -0.1) is 0 Å². The lowest BCUT2D eigenvalue weighted by molar-refractivity contribution is 0.0701. The van der Waals surface area contributed by atoms with Gasteiger partial charge in [0, 0.05) is 13.1 Å². The zero-order chi connectivity index (χ0) is 13.1. The van der Waals surface area contributed by atoms with E-state index in [0.717, 1.165) is 5.13 Å². The van der Waals surface area contributed by atoms with E-state index < -0.39 is 5.97 Å². The van der Waals surface area contributed by atoms with Crippen molar-refractivity contribution in [1.82, 2.24) is 4.98 Å². The minimum Gasteiger partial charge on any atom is -0.477 e. The molecule has 0 saturated heterocycles. The summed E-state index contributed by atoms with van der Waals surface area (Å²) in [7, 11) is 2.04. The Hall–Kier alpha value is -1.10. The molecule has 1 aliphatic carbocycles. The Labute approximate surface area is 112 Å². The predicted octanol–water partition coefficient (Wildman–Crippen LogP) is 3.31. The van der Waals surface area contributed by atoms with Gasteiger partial charge in [-0.05, 0) is 19.8 Å². The highest BCUT2D eigenvalue weighted by Crippen LogP contribution is 2.30. The van der Waals surface area contributed by atoms with Crippen LogP contribution in [-0.2, 0) is 0 Å². The third-order valence-corrected chi connectivity index (χ3v) is 4.89. The van der Waals surface area contributed by atoms with Crippen LogP contribution in [0.4, 0.5) is 5.13 Å². The van der Waals surface area contributed by atoms with E-state index in [9.17, 15) is 4.79 Å². The topological polar surface area (TPSA) is 53.4 Å². The number of carboxylic acid groups (broad SMARTS) is 1. The third kappa shape index (κ3) is 2.83. The second kappa shape index (κ2) is 5.69. The van der Waals surface area contributed by atoms with Crippen molar-refractivity contribution < 1.29 is 9.90 Å². The molecule has 1 fully saturated rings. The van der Waals surface area contributed by atoms with Crippen molar-refractivity contribution in [2.45, 2.75) is 51.5 Å². The monoisotopic (exact) mass is 268 g/mol. The first-order chi connectivity index (χ1) is 8.59. The average molecular weight is 268 g/mol. The quantitative estimate of drug-likeness (QED) is 0.854. The molecule has 1 aliphatic rings. The molecule has 100 valence electrons. The van der Waals surface area contributed by atoms with E-state index in [2.05, 4.69) is 9.88 Å². The summed E-state index contributed by atoms with van der Waals surface area (Å²) in [6.45, 7) is 1.77. The van der Waals surface area contributed by atoms with E-state index in [1.165, 1.54) is 49.9 Å². The van der Waals surface area contributed by atoms with Gasteiger partial charge in [-0.2, -0.15) is 0 Å². The molecule has 0 atom stereocenters. The Morgan fingerprint density at radius 3 is 2.44 bits per heavy atom. The van der Waals surface area contributed by atoms with Gasteiger partial charge < -0.3 is 10.0 Å². The third-order valence-electron chi connectivity index (χ3n) is 3.65. The highest BCUT2D eigenvalue weighted by atomic mass is 32.1. The van der Waals surface area contributed by atoms with Crippen LogP contribution in [0.25, 0.3) is 0 Å². The molecule has 0 unspecified atom stereocenters. The Bertz CT molecular complexity index is 423. The van der Waals surface area contributed by atoms with Gasteiger partial charge in [0.15, 0.2) is 5.13 Å². The Morgan fingerprint density at radius 2 is 1.94 bits per heavy atom. The van der Waals surface area contributed by atoms with Gasteiger partial charge in [0.1, 0.15) is 4.88 Å². The number of anilines is 1. The zero-order valence-electron chi connectivity index (χ0n) is 11.0. The molecule has 0 aliphatic heterocycles. The first-order valence-corrected chi connectivity index (χ1v) is 7.35. The lowest BCUT2D eigenvalue weighted by Crippen LogP contribution is -2.30. The first-order valence-electron chi connectivity index (χ1n) is 6.53. The van der Waals surface area contributed by atoms with Gasteiger partial charge in [-0.1, -0.05) is 37.0 Å². The SMILES string of the molecule is Cc1nc(N(C)C2CCCCCC2)sc1C(=O)O. The molecule has 0 bridgehead atoms. The number of carbonyl (C=O) groups is 1. The molecule has 1 aromatic rings. The number of rotatable bonds is 3. The number of aromatic nitrogens is 1. The summed E-state index contributed by atoms with van der Waals surface area (Å²) in [6.07, 6.45) is 7.56. The van der Waals surface area contributed by atoms with Crippen LogP contribution >= 0.6 is 11.3 Å². The number of nitrogens with zero attached hydrogens (tertiary/aromatic N) is 2. The minimum absolute atomic E-state index is 0.366. The van der Waals surface area contributed by atoms with Crippen LogP contribution in [0.5, 0.6) is 0 Å². The number of thiazole rings is 1. The van der Waals surface area contributed by atoms with E-state index in [-0.39, 0.29) is 0 Å². The summed E-state index contributed by atoms with van der Waals surface area (Å²) < 4.78 is 0. The van der Waals surface area contributed by atoms with E-state index in [0.29, 0.717) is 16.6 Å². The van der Waals surface area contributed by atoms with Gasteiger partial charge in [-0.25, -0.2) is 9.78 Å². The summed E-state index contributed by atoms with van der Waals surface area (Å²) in [6, 6.07) is 0.514. The van der Waals surface area contributed by atoms with Gasteiger partial charge in [0.2, 0.25) is 0 Å². The second-order valence-corrected chi connectivity index (χ2v) is 5.95. The van der Waals surface area contributed by atoms with Crippen molar-refractivity contribution >= 4 is 22.4 Å². The zero-order valence-corrected chi connectivity index (χ0v) is 11.8. The van der Waals surface area contributed by atoms with Gasteiger partial charge in [0.05, 0.1) is 5.69 Å². The fraction of sp³-hybridized carbons (Fsp3) is 0.692. The molecule has 2 rings (SSSR count). The maximum atomic E-state index is 11.0. The molecule has 0 spiro atoms. The van der Waals surface area contributed by atoms with E-state index in [1.54, 1.807) is 6.92 Å². The van der Waals surface area contributed by atoms with Gasteiger partial charge in [0.25, 0.3) is 0 Å². The Balaban J connectivity index is 2.14. The summed E-state index contributed by atoms with van der Waals surface area (Å²) in [5.74, 6) is -0.870. The maximum absolute atomic E-state index is 11.0. The van der Waals surface area contributed by atoms with Crippen LogP contribution in [0.15, 0.2) is 0 Å². The van der Waals surface area contributed by atoms with Crippen LogP contribution in [0.3, 0.4) is 0 Å². The summed E-state index contributed by atoms with van der Waals surface area (Å²) in [4.78, 5) is 18.0. The highest BCUT2D eigenvalue weighted by Gasteiger charge is 2.22. The normalized spacial score (nSPS) is 17.4. The highest BCUT2D eigenvalue weighted by molar-refractivity contribution is 7.17. The first kappa shape index (κ1) is 13.3. The summed E-state index contributed by atoms with van der Waals surface area (Å²) in [5, 5.41) is 9.91. The summed E-state index contributed by atoms with van der Waals surface area (Å²) in [5.41, 5.74) is 0.628. The minimum atomic E-state index is -0.870. The van der Waals surface area contributed by atoms with Crippen molar-refractivity contribution in [1.29, 1.82) is 0 Å². The molecular weight excluding hydrogens is 248 g/mol. The van der Waals surface area contributed by atoms with Crippen LogP contribution in [0.2, 0.25) is 0 Å². The van der Waals surface area contributed by atoms with Crippen molar-refractivity contribution in [3.05, 3.63) is 10.6 Å². The molecule has 0 radical (unpaired) electrons. The van der Waals surface area contributed by atoms with Crippen LogP contribution in [0.1, 0.15) is 53.9 Å². The van der Waals surface area contributed by atoms with E-state index in [4.69, 9.17) is 5.11 Å². The van der Waals surface area contributed by atoms with Crippen molar-refractivity contribution in [2.75, 3.05) is 11.9 Å². The molecule has 4 nitrogen and oxygen atoms in total. The largest absolute Gasteiger partial charge is 0.477 e. The number of carboxylic acids is 1. The van der Waals surface area contributed by atoms with Crippen LogP contribution < -0.4 is 4.90 Å². The fourth-order valence-electron chi connectivity index (χ4n) is 2.53. The van der Waals surface area contributed by atoms with Crippen molar-refractivity contribution in [3.63, 3.8) is 0 Å². The lowest BCUT2D eigenvalue weighted by atomic mass is 10.1. The molecule has 5 heteroatoms. The van der Waals surface area contributed by atoms with Crippen molar-refractivity contribution in [2.24, 2.45) is 0 Å². The average Bonchev–Trinajstić information content (AvgIpc) is 2.56. The predicted molar refractivity (Wildman–Crippen MR) is 73.7 cm³/mol. The fourth-order valence-corrected chi connectivity index (χ4v) is 3.47. The number of hydrogen-bond acceptors (Lipinski definition) is 4. The molecule has 18 heavy (non-hydrogen) atoms. The molecule has 1 saturated carbocycles. The van der Waals surface area contributed by atoms with Gasteiger partial charge >= 0.3 is 5.97 Å². The van der Waals surface area contributed by atoms with Crippen molar-refractivity contribution in [3.8, 4) is 0 Å². The molecule has 0 amide bonds. The molecule has 1 N–H and O–H groups in total. The Kier molecular flexibility index (Phi) is 4.22. The summed E-state index contributed by atoms with van der Waals surface area (Å²) >= 11 is 1.29. The molecule has 1 heterocycles. The number of hydrogen-bond donors (Lipinski definition) is 1. The Morgan fingerprint density at radius 1 is 1.33 bits per heavy atom. The number of aryl methyl sites for hydroxylation is 1. The maximum Gasteiger partial charge on any atom is 0.347 e. The molecular formula is C13H20N2O2S. The standard InChI is InChI=1S/C13H20N2O2S/c1-9-11(12(16)17)18-13(14-9)15(2)10-7-5-3-4-6-8-10/h10H,3-8H2,1-2H3,(H,16,17). The lowest BCUT2D eigenvalue weighted by Gasteiger charge is -2.26. The second-order valence-electron chi connectivity index (χ2n) is 4.97. The van der Waals surface area contributed by atoms with E-state index >= 15 is 0 Å². The van der Waals surface area contributed by atoms with E-state index in [1.807, 2.05) is 7.05 Å². The smallest absolute Gasteiger partial charge is 0.347 e. The van der Waals surface area contributed by atoms with Crippen LogP contribution in [0, 0.1) is 6.92 Å². The number of aromatic carboxylic acids is 1. The molecule has 0 aromatic carbocycles. The molecule has 1 aromatic heterocycles. The van der Waals surface area contributed by atoms with Gasteiger partial charge in [-0.3, -0.25) is 0 Å².